The molecule has 0 amide bonds. The largest absolute Gasteiger partial charge is 0.511 e. The van der Waals surface area contributed by atoms with Crippen LogP contribution in [0.1, 0.15) is 25.3 Å². The monoisotopic (exact) mass is 180 g/mol. The molecule has 0 aliphatic rings. The van der Waals surface area contributed by atoms with Gasteiger partial charge in [-0.25, -0.2) is 4.79 Å². The number of hydrogen-bond donors (Lipinski definition) is 1. The van der Waals surface area contributed by atoms with Gasteiger partial charge in [0.1, 0.15) is 5.75 Å². The SMILES string of the molecule is CC(C)c1cccc(OC(=O)O)c1. The van der Waals surface area contributed by atoms with E-state index in [1.165, 1.54) is 0 Å². The van der Waals surface area contributed by atoms with Gasteiger partial charge < -0.3 is 9.84 Å². The van der Waals surface area contributed by atoms with E-state index in [0.29, 0.717) is 11.7 Å². The van der Waals surface area contributed by atoms with E-state index in [1.807, 2.05) is 19.9 Å². The van der Waals surface area contributed by atoms with E-state index in [1.54, 1.807) is 18.2 Å². The standard InChI is InChI=1S/C10H12O3/c1-7(2)8-4-3-5-9(6-8)13-10(11)12/h3-7H,1-2H3,(H,11,12). The molecule has 0 aromatic heterocycles. The Balaban J connectivity index is 2.85. The summed E-state index contributed by atoms with van der Waals surface area (Å²) in [6.45, 7) is 4.08. The van der Waals surface area contributed by atoms with Gasteiger partial charge in [-0.1, -0.05) is 26.0 Å². The second-order valence-corrected chi connectivity index (χ2v) is 3.10. The highest BCUT2D eigenvalue weighted by atomic mass is 16.7. The zero-order valence-electron chi connectivity index (χ0n) is 7.65. The van der Waals surface area contributed by atoms with E-state index >= 15 is 0 Å². The minimum atomic E-state index is -1.28. The molecule has 0 bridgehead atoms. The molecule has 0 saturated carbocycles. The van der Waals surface area contributed by atoms with Crippen molar-refractivity contribution >= 4 is 6.16 Å². The predicted molar refractivity (Wildman–Crippen MR) is 49.2 cm³/mol. The third-order valence-electron chi connectivity index (χ3n) is 1.73. The Morgan fingerprint density at radius 3 is 2.69 bits per heavy atom. The van der Waals surface area contributed by atoms with Gasteiger partial charge >= 0.3 is 6.16 Å². The zero-order valence-corrected chi connectivity index (χ0v) is 7.65. The third kappa shape index (κ3) is 2.78. The molecule has 1 rings (SSSR count). The number of ether oxygens (including phenoxy) is 1. The first-order valence-electron chi connectivity index (χ1n) is 4.10. The highest BCUT2D eigenvalue weighted by molar-refractivity contribution is 5.61. The zero-order chi connectivity index (χ0) is 9.84. The highest BCUT2D eigenvalue weighted by Crippen LogP contribution is 2.19. The van der Waals surface area contributed by atoms with Gasteiger partial charge in [0.15, 0.2) is 0 Å². The maximum atomic E-state index is 10.2. The van der Waals surface area contributed by atoms with Crippen LogP contribution >= 0.6 is 0 Å². The molecule has 1 aromatic rings. The molecule has 0 spiro atoms. The topological polar surface area (TPSA) is 46.5 Å². The summed E-state index contributed by atoms with van der Waals surface area (Å²) in [5.41, 5.74) is 1.07. The van der Waals surface area contributed by atoms with Gasteiger partial charge in [-0.05, 0) is 23.6 Å². The van der Waals surface area contributed by atoms with E-state index < -0.39 is 6.16 Å². The van der Waals surface area contributed by atoms with Crippen LogP contribution in [-0.4, -0.2) is 11.3 Å². The van der Waals surface area contributed by atoms with Gasteiger partial charge in [0, 0.05) is 0 Å². The Labute approximate surface area is 77.0 Å². The molecular weight excluding hydrogens is 168 g/mol. The van der Waals surface area contributed by atoms with Crippen LogP contribution in [0.4, 0.5) is 4.79 Å². The molecule has 3 nitrogen and oxygen atoms in total. The Kier molecular flexibility index (Phi) is 2.90. The summed E-state index contributed by atoms with van der Waals surface area (Å²) in [5.74, 6) is 0.746. The van der Waals surface area contributed by atoms with E-state index in [0.717, 1.165) is 5.56 Å². The van der Waals surface area contributed by atoms with Crippen LogP contribution < -0.4 is 4.74 Å². The van der Waals surface area contributed by atoms with Gasteiger partial charge in [0.2, 0.25) is 0 Å². The fraction of sp³-hybridized carbons (Fsp3) is 0.300. The van der Waals surface area contributed by atoms with Crippen LogP contribution in [0.2, 0.25) is 0 Å². The summed E-state index contributed by atoms with van der Waals surface area (Å²) in [4.78, 5) is 10.2. The predicted octanol–water partition coefficient (Wildman–Crippen LogP) is 2.87. The summed E-state index contributed by atoms with van der Waals surface area (Å²) >= 11 is 0. The summed E-state index contributed by atoms with van der Waals surface area (Å²) in [6, 6.07) is 7.09. The smallest absolute Gasteiger partial charge is 0.449 e. The number of benzene rings is 1. The van der Waals surface area contributed by atoms with E-state index in [9.17, 15) is 4.79 Å². The molecule has 1 aromatic carbocycles. The van der Waals surface area contributed by atoms with Crippen LogP contribution in [0, 0.1) is 0 Å². The second kappa shape index (κ2) is 3.94. The molecule has 0 aliphatic carbocycles. The molecule has 0 unspecified atom stereocenters. The highest BCUT2D eigenvalue weighted by Gasteiger charge is 2.03. The van der Waals surface area contributed by atoms with Crippen molar-refractivity contribution in [1.82, 2.24) is 0 Å². The van der Waals surface area contributed by atoms with Crippen molar-refractivity contribution in [2.24, 2.45) is 0 Å². The van der Waals surface area contributed by atoms with Gasteiger partial charge in [-0.2, -0.15) is 0 Å². The van der Waals surface area contributed by atoms with Crippen molar-refractivity contribution in [2.75, 3.05) is 0 Å². The van der Waals surface area contributed by atoms with Gasteiger partial charge in [-0.3, -0.25) is 0 Å². The first kappa shape index (κ1) is 9.58. The fourth-order valence-corrected chi connectivity index (χ4v) is 1.04. The Bertz CT molecular complexity index is 305. The molecule has 0 radical (unpaired) electrons. The Morgan fingerprint density at radius 1 is 1.46 bits per heavy atom. The van der Waals surface area contributed by atoms with Gasteiger partial charge in [0.25, 0.3) is 0 Å². The van der Waals surface area contributed by atoms with Crippen LogP contribution in [-0.2, 0) is 0 Å². The van der Waals surface area contributed by atoms with E-state index in [4.69, 9.17) is 5.11 Å². The molecule has 0 heterocycles. The van der Waals surface area contributed by atoms with Crippen LogP contribution in [0.3, 0.4) is 0 Å². The first-order chi connectivity index (χ1) is 6.09. The number of hydrogen-bond acceptors (Lipinski definition) is 2. The number of carboxylic acid groups (broad SMARTS) is 1. The lowest BCUT2D eigenvalue weighted by molar-refractivity contribution is 0.144. The second-order valence-electron chi connectivity index (χ2n) is 3.10. The van der Waals surface area contributed by atoms with Crippen molar-refractivity contribution in [3.05, 3.63) is 29.8 Å². The van der Waals surface area contributed by atoms with Crippen molar-refractivity contribution in [1.29, 1.82) is 0 Å². The molecule has 0 atom stereocenters. The van der Waals surface area contributed by atoms with Crippen molar-refractivity contribution in [3.8, 4) is 5.75 Å². The average molecular weight is 180 g/mol. The maximum absolute atomic E-state index is 10.2. The summed E-state index contributed by atoms with van der Waals surface area (Å²) < 4.78 is 4.52. The van der Waals surface area contributed by atoms with Crippen molar-refractivity contribution in [2.45, 2.75) is 19.8 Å². The normalized spacial score (nSPS) is 10.1. The average Bonchev–Trinajstić information content (AvgIpc) is 2.03. The summed E-state index contributed by atoms with van der Waals surface area (Å²) in [7, 11) is 0. The summed E-state index contributed by atoms with van der Waals surface area (Å²) in [6.07, 6.45) is -1.28. The quantitative estimate of drug-likeness (QED) is 0.562. The number of carbonyl (C=O) groups is 1. The summed E-state index contributed by atoms with van der Waals surface area (Å²) in [5, 5.41) is 8.37. The number of rotatable bonds is 2. The maximum Gasteiger partial charge on any atom is 0.511 e. The van der Waals surface area contributed by atoms with Gasteiger partial charge in [0.05, 0.1) is 0 Å². The molecule has 3 heteroatoms. The van der Waals surface area contributed by atoms with Gasteiger partial charge in [-0.15, -0.1) is 0 Å². The lowest BCUT2D eigenvalue weighted by Crippen LogP contribution is -2.03. The molecule has 0 fully saturated rings. The molecule has 0 saturated heterocycles. The Hall–Kier alpha value is -1.51. The van der Waals surface area contributed by atoms with E-state index in [-0.39, 0.29) is 0 Å². The molecular formula is C10H12O3. The van der Waals surface area contributed by atoms with E-state index in [2.05, 4.69) is 4.74 Å². The third-order valence-corrected chi connectivity index (χ3v) is 1.73. The van der Waals surface area contributed by atoms with Crippen molar-refractivity contribution < 1.29 is 14.6 Å². The molecule has 70 valence electrons. The van der Waals surface area contributed by atoms with Crippen LogP contribution in [0.5, 0.6) is 5.75 Å². The molecule has 13 heavy (non-hydrogen) atoms. The Morgan fingerprint density at radius 2 is 2.15 bits per heavy atom. The minimum absolute atomic E-state index is 0.373. The molecule has 1 N–H and O–H groups in total. The lowest BCUT2D eigenvalue weighted by Gasteiger charge is -2.06. The first-order valence-corrected chi connectivity index (χ1v) is 4.10. The van der Waals surface area contributed by atoms with Crippen LogP contribution in [0.25, 0.3) is 0 Å². The fourth-order valence-electron chi connectivity index (χ4n) is 1.04. The molecule has 0 aliphatic heterocycles. The van der Waals surface area contributed by atoms with Crippen molar-refractivity contribution in [3.63, 3.8) is 0 Å². The van der Waals surface area contributed by atoms with Crippen LogP contribution in [0.15, 0.2) is 24.3 Å². The lowest BCUT2D eigenvalue weighted by atomic mass is 10.0. The minimum Gasteiger partial charge on any atom is -0.449 e.